The summed E-state index contributed by atoms with van der Waals surface area (Å²) in [4.78, 5) is 44.3. The summed E-state index contributed by atoms with van der Waals surface area (Å²) in [6, 6.07) is 4.66. The van der Waals surface area contributed by atoms with Crippen LogP contribution in [0.25, 0.3) is 10.9 Å². The van der Waals surface area contributed by atoms with Crippen LogP contribution in [0, 0.1) is 4.91 Å². The largest absolute Gasteiger partial charge is 0.443 e. The molecule has 0 bridgehead atoms. The van der Waals surface area contributed by atoms with E-state index in [4.69, 9.17) is 9.47 Å². The van der Waals surface area contributed by atoms with Gasteiger partial charge in [-0.1, -0.05) is 0 Å². The average molecular weight is 390 g/mol. The van der Waals surface area contributed by atoms with Gasteiger partial charge in [0.1, 0.15) is 5.60 Å². The highest BCUT2D eigenvalue weighted by Crippen LogP contribution is 2.28. The lowest BCUT2D eigenvalue weighted by atomic mass is 10.1. The molecule has 0 unspecified atom stereocenters. The van der Waals surface area contributed by atoms with E-state index in [2.05, 4.69) is 4.84 Å². The van der Waals surface area contributed by atoms with E-state index in [-0.39, 0.29) is 11.6 Å². The second kappa shape index (κ2) is 7.59. The number of carbonyl (C=O) groups is 2. The van der Waals surface area contributed by atoms with Crippen molar-refractivity contribution in [3.63, 3.8) is 0 Å². The van der Waals surface area contributed by atoms with Crippen molar-refractivity contribution < 1.29 is 28.8 Å². The Hall–Kier alpha value is -2.94. The van der Waals surface area contributed by atoms with E-state index < -0.39 is 11.7 Å². The number of morpholine rings is 1. The maximum atomic E-state index is 13.0. The van der Waals surface area contributed by atoms with Gasteiger partial charge in [0.2, 0.25) is 0 Å². The fourth-order valence-corrected chi connectivity index (χ4v) is 3.00. The molecule has 1 saturated heterocycles. The third kappa shape index (κ3) is 3.99. The Morgan fingerprint density at radius 1 is 1.18 bits per heavy atom. The first-order valence-electron chi connectivity index (χ1n) is 8.98. The van der Waals surface area contributed by atoms with Gasteiger partial charge in [0.15, 0.2) is 7.11 Å². The van der Waals surface area contributed by atoms with Crippen molar-refractivity contribution in [3.05, 3.63) is 34.9 Å². The Morgan fingerprint density at radius 2 is 1.86 bits per heavy atom. The Labute approximate surface area is 162 Å². The summed E-state index contributed by atoms with van der Waals surface area (Å²) in [5.41, 5.74) is 0.241. The fourth-order valence-electron chi connectivity index (χ4n) is 3.00. The summed E-state index contributed by atoms with van der Waals surface area (Å²) in [7, 11) is 1.25. The summed E-state index contributed by atoms with van der Waals surface area (Å²) >= 11 is 0. The van der Waals surface area contributed by atoms with Crippen molar-refractivity contribution in [2.45, 2.75) is 26.4 Å². The minimum Gasteiger partial charge on any atom is -0.443 e. The lowest BCUT2D eigenvalue weighted by Gasteiger charge is -2.26. The van der Waals surface area contributed by atoms with Crippen LogP contribution in [0.2, 0.25) is 0 Å². The Morgan fingerprint density at radius 3 is 2.46 bits per heavy atom. The van der Waals surface area contributed by atoms with Gasteiger partial charge in [-0.2, -0.15) is 0 Å². The minimum atomic E-state index is -0.712. The number of benzene rings is 1. The molecule has 1 aromatic heterocycles. The van der Waals surface area contributed by atoms with E-state index in [9.17, 15) is 14.5 Å². The number of hydrogen-bond acceptors (Lipinski definition) is 6. The molecule has 9 heteroatoms. The lowest BCUT2D eigenvalue weighted by molar-refractivity contribution is -0.736. The van der Waals surface area contributed by atoms with Gasteiger partial charge < -0.3 is 14.4 Å². The van der Waals surface area contributed by atoms with Crippen LogP contribution in [0.5, 0.6) is 0 Å². The topological polar surface area (TPSA) is 90.1 Å². The molecule has 1 aromatic carbocycles. The second-order valence-corrected chi connectivity index (χ2v) is 7.44. The highest BCUT2D eigenvalue weighted by atomic mass is 16.8. The van der Waals surface area contributed by atoms with Crippen molar-refractivity contribution in [2.75, 3.05) is 33.4 Å². The predicted octanol–water partition coefficient (Wildman–Crippen LogP) is 2.87. The smallest absolute Gasteiger partial charge is 0.419 e. The summed E-state index contributed by atoms with van der Waals surface area (Å²) in [5, 5.41) is 0.551. The van der Waals surface area contributed by atoms with Gasteiger partial charge in [0, 0.05) is 36.8 Å². The zero-order valence-corrected chi connectivity index (χ0v) is 16.4. The zero-order chi connectivity index (χ0) is 20.5. The first-order valence-corrected chi connectivity index (χ1v) is 8.98. The summed E-state index contributed by atoms with van der Waals surface area (Å²) in [5.74, 6) is -0.200. The molecule has 0 radical (unpaired) electrons. The number of carbonyl (C=O) groups excluding carboxylic acids is 2. The van der Waals surface area contributed by atoms with Gasteiger partial charge in [-0.3, -0.25) is 9.36 Å². The first kappa shape index (κ1) is 19.8. The number of nitrogens with zero attached hydrogens (tertiary/aromatic N) is 3. The Kier molecular flexibility index (Phi) is 5.37. The van der Waals surface area contributed by atoms with E-state index in [0.717, 1.165) is 0 Å². The molecular formula is C19H24N3O6+. The average Bonchev–Trinajstić information content (AvgIpc) is 3.05. The van der Waals surface area contributed by atoms with Crippen LogP contribution >= 0.6 is 0 Å². The highest BCUT2D eigenvalue weighted by molar-refractivity contribution is 6.09. The quantitative estimate of drug-likeness (QED) is 0.749. The van der Waals surface area contributed by atoms with Crippen molar-refractivity contribution in [2.24, 2.45) is 0 Å². The lowest BCUT2D eigenvalue weighted by Crippen LogP contribution is -2.40. The molecule has 1 aliphatic rings. The predicted molar refractivity (Wildman–Crippen MR) is 101 cm³/mol. The molecule has 2 aromatic rings. The first-order chi connectivity index (χ1) is 13.2. The number of hydrogen-bond donors (Lipinski definition) is 0. The van der Waals surface area contributed by atoms with Crippen molar-refractivity contribution >= 4 is 28.6 Å². The van der Waals surface area contributed by atoms with E-state index in [1.165, 1.54) is 30.0 Å². The van der Waals surface area contributed by atoms with Crippen LogP contribution in [0.4, 0.5) is 10.5 Å². The van der Waals surface area contributed by atoms with Crippen LogP contribution in [-0.2, 0) is 14.3 Å². The SMILES string of the molecule is CO[N+](=O)c1ccc2c(C(=O)N3CCOCC3)cn(C(=O)OC(C)(C)C)c2c1. The molecular weight excluding hydrogens is 366 g/mol. The zero-order valence-electron chi connectivity index (χ0n) is 16.4. The van der Waals surface area contributed by atoms with E-state index in [1.54, 1.807) is 31.7 Å². The molecule has 0 spiro atoms. The van der Waals surface area contributed by atoms with Gasteiger partial charge >= 0.3 is 11.8 Å². The van der Waals surface area contributed by atoms with E-state index in [0.29, 0.717) is 47.7 Å². The molecule has 9 nitrogen and oxygen atoms in total. The molecule has 1 amide bonds. The van der Waals surface area contributed by atoms with Gasteiger partial charge in [0.25, 0.3) is 10.8 Å². The normalized spacial score (nSPS) is 14.8. The van der Waals surface area contributed by atoms with Gasteiger partial charge in [-0.25, -0.2) is 9.63 Å². The number of rotatable bonds is 3. The highest BCUT2D eigenvalue weighted by Gasteiger charge is 2.28. The maximum absolute atomic E-state index is 13.0. The van der Waals surface area contributed by atoms with Gasteiger partial charge in [-0.15, -0.1) is 0 Å². The fraction of sp³-hybridized carbons (Fsp3) is 0.474. The number of amides is 1. The standard InChI is InChI=1S/C19H24N3O6/c1-19(2,3)28-18(24)21-12-15(17(23)20-7-9-27-10-8-20)14-6-5-13(11-16(14)21)22(25)26-4/h5-6,11-12H,7-10H2,1-4H3/q+1. The van der Waals surface area contributed by atoms with Gasteiger partial charge in [-0.05, 0) is 26.8 Å². The van der Waals surface area contributed by atoms with Crippen molar-refractivity contribution in [3.8, 4) is 0 Å². The molecule has 28 heavy (non-hydrogen) atoms. The molecule has 1 fully saturated rings. The molecule has 0 aliphatic carbocycles. The third-order valence-electron chi connectivity index (χ3n) is 4.28. The van der Waals surface area contributed by atoms with E-state index in [1.807, 2.05) is 0 Å². The summed E-state index contributed by atoms with van der Waals surface area (Å²) in [6.45, 7) is 7.17. The summed E-state index contributed by atoms with van der Waals surface area (Å²) < 4.78 is 12.0. The summed E-state index contributed by atoms with van der Waals surface area (Å²) in [6.07, 6.45) is 0.827. The van der Waals surface area contributed by atoms with Crippen LogP contribution in [0.3, 0.4) is 0 Å². The van der Waals surface area contributed by atoms with Crippen LogP contribution < -0.4 is 0 Å². The number of fused-ring (bicyclic) bond motifs is 1. The van der Waals surface area contributed by atoms with Crippen molar-refractivity contribution in [1.82, 2.24) is 9.47 Å². The molecule has 150 valence electrons. The maximum Gasteiger partial charge on any atom is 0.419 e. The molecule has 0 saturated carbocycles. The van der Waals surface area contributed by atoms with Crippen LogP contribution in [0.1, 0.15) is 31.1 Å². The third-order valence-corrected chi connectivity index (χ3v) is 4.28. The van der Waals surface area contributed by atoms with Crippen molar-refractivity contribution in [1.29, 1.82) is 0 Å². The van der Waals surface area contributed by atoms with Crippen LogP contribution in [0.15, 0.2) is 24.4 Å². The molecule has 2 heterocycles. The molecule has 3 rings (SSSR count). The van der Waals surface area contributed by atoms with Crippen LogP contribution in [-0.4, -0.2) is 65.4 Å². The monoisotopic (exact) mass is 390 g/mol. The Bertz CT molecular complexity index is 922. The molecule has 0 N–H and O–H groups in total. The molecule has 0 atom stereocenters. The minimum absolute atomic E-state index is 0.197. The van der Waals surface area contributed by atoms with Gasteiger partial charge in [0.05, 0.1) is 29.2 Å². The second-order valence-electron chi connectivity index (χ2n) is 7.44. The Balaban J connectivity index is 2.10. The van der Waals surface area contributed by atoms with E-state index >= 15 is 0 Å². The number of aromatic nitrogens is 1. The molecule has 1 aliphatic heterocycles. The number of ether oxygens (including phenoxy) is 2.